The number of aromatic nitrogens is 3. The first-order valence-electron chi connectivity index (χ1n) is 8.34. The maximum Gasteiger partial charge on any atom is 0.232 e. The smallest absolute Gasteiger partial charge is 0.232 e. The van der Waals surface area contributed by atoms with Gasteiger partial charge in [0.1, 0.15) is 5.65 Å². The molecule has 0 spiro atoms. The van der Waals surface area contributed by atoms with Gasteiger partial charge in [0.25, 0.3) is 0 Å². The molecule has 5 nitrogen and oxygen atoms in total. The molecule has 1 amide bonds. The number of thiazole rings is 1. The Morgan fingerprint density at radius 1 is 1.15 bits per heavy atom. The third-order valence-corrected chi connectivity index (χ3v) is 5.07. The molecule has 130 valence electrons. The molecule has 0 aliphatic rings. The Morgan fingerprint density at radius 3 is 2.85 bits per heavy atom. The van der Waals surface area contributed by atoms with Crippen LogP contribution in [0.25, 0.3) is 16.9 Å². The zero-order valence-electron chi connectivity index (χ0n) is 14.6. The third kappa shape index (κ3) is 3.36. The van der Waals surface area contributed by atoms with Crippen LogP contribution in [0.1, 0.15) is 16.8 Å². The Bertz CT molecular complexity index is 1060. The first-order valence-corrected chi connectivity index (χ1v) is 9.22. The lowest BCUT2D eigenvalue weighted by molar-refractivity contribution is -0.115. The summed E-state index contributed by atoms with van der Waals surface area (Å²) in [7, 11) is 0. The second-order valence-electron chi connectivity index (χ2n) is 6.26. The zero-order valence-corrected chi connectivity index (χ0v) is 15.4. The van der Waals surface area contributed by atoms with E-state index in [1.54, 1.807) is 0 Å². The van der Waals surface area contributed by atoms with Crippen molar-refractivity contribution in [3.63, 3.8) is 0 Å². The van der Waals surface area contributed by atoms with E-state index in [-0.39, 0.29) is 12.3 Å². The van der Waals surface area contributed by atoms with Gasteiger partial charge in [-0.15, -0.1) is 11.3 Å². The van der Waals surface area contributed by atoms with Crippen molar-refractivity contribution in [3.8, 4) is 11.3 Å². The van der Waals surface area contributed by atoms with E-state index in [1.807, 2.05) is 40.4 Å². The molecule has 0 radical (unpaired) electrons. The molecule has 3 heterocycles. The van der Waals surface area contributed by atoms with Crippen LogP contribution in [0.2, 0.25) is 0 Å². The van der Waals surface area contributed by atoms with Crippen LogP contribution in [0.15, 0.2) is 54.2 Å². The summed E-state index contributed by atoms with van der Waals surface area (Å²) in [4.78, 5) is 21.3. The Hall–Kier alpha value is -2.99. The number of hydrogen-bond donors (Lipinski definition) is 1. The molecule has 0 bridgehead atoms. The first-order chi connectivity index (χ1) is 12.6. The van der Waals surface area contributed by atoms with Crippen molar-refractivity contribution in [2.75, 3.05) is 5.32 Å². The molecule has 0 aliphatic heterocycles. The number of aryl methyl sites for hydroxylation is 2. The average Bonchev–Trinajstić information content (AvgIpc) is 3.23. The fourth-order valence-corrected chi connectivity index (χ4v) is 3.50. The van der Waals surface area contributed by atoms with Crippen LogP contribution in [-0.4, -0.2) is 20.3 Å². The number of rotatable bonds is 4. The normalized spacial score (nSPS) is 11.0. The molecule has 1 N–H and O–H groups in total. The van der Waals surface area contributed by atoms with Crippen molar-refractivity contribution in [2.24, 2.45) is 0 Å². The van der Waals surface area contributed by atoms with Crippen LogP contribution in [0.5, 0.6) is 0 Å². The summed E-state index contributed by atoms with van der Waals surface area (Å²) in [5.74, 6) is -0.116. The molecule has 6 heteroatoms. The minimum atomic E-state index is -0.116. The van der Waals surface area contributed by atoms with Gasteiger partial charge in [0.2, 0.25) is 5.91 Å². The molecule has 1 aromatic carbocycles. The fourth-order valence-electron chi connectivity index (χ4n) is 2.76. The van der Waals surface area contributed by atoms with Gasteiger partial charge in [0.05, 0.1) is 17.8 Å². The van der Waals surface area contributed by atoms with Gasteiger partial charge in [-0.2, -0.15) is 0 Å². The summed E-state index contributed by atoms with van der Waals surface area (Å²) in [6.07, 6.45) is 4.01. The van der Waals surface area contributed by atoms with Gasteiger partial charge < -0.3 is 9.72 Å². The number of nitrogens with zero attached hydrogens (tertiary/aromatic N) is 3. The standard InChI is InChI=1S/C20H18N4OS/c1-13-6-7-15(9-14(13)2)17-12-26-20(22-17)23-19(25)10-16-11-24-8-4-3-5-18(24)21-16/h3-9,11-12H,10H2,1-2H3,(H,22,23,25). The summed E-state index contributed by atoms with van der Waals surface area (Å²) in [6.45, 7) is 4.17. The molecule has 0 atom stereocenters. The maximum atomic E-state index is 12.3. The Balaban J connectivity index is 1.46. The van der Waals surface area contributed by atoms with E-state index < -0.39 is 0 Å². The predicted molar refractivity (Wildman–Crippen MR) is 105 cm³/mol. The van der Waals surface area contributed by atoms with Gasteiger partial charge in [-0.3, -0.25) is 4.79 Å². The number of nitrogens with one attached hydrogen (secondary N) is 1. The van der Waals surface area contributed by atoms with Crippen LogP contribution in [0, 0.1) is 13.8 Å². The fraction of sp³-hybridized carbons (Fsp3) is 0.150. The highest BCUT2D eigenvalue weighted by Gasteiger charge is 2.11. The van der Waals surface area contributed by atoms with Gasteiger partial charge in [0.15, 0.2) is 5.13 Å². The summed E-state index contributed by atoms with van der Waals surface area (Å²) in [5, 5.41) is 5.44. The molecule has 0 aliphatic carbocycles. The molecule has 0 saturated carbocycles. The number of carbonyl (C=O) groups is 1. The molecular formula is C20H18N4OS. The molecule has 26 heavy (non-hydrogen) atoms. The highest BCUT2D eigenvalue weighted by molar-refractivity contribution is 7.14. The Kier molecular flexibility index (Phi) is 4.26. The average molecular weight is 362 g/mol. The van der Waals surface area contributed by atoms with Gasteiger partial charge in [0, 0.05) is 23.3 Å². The number of fused-ring (bicyclic) bond motifs is 1. The first kappa shape index (κ1) is 16.5. The minimum absolute atomic E-state index is 0.116. The highest BCUT2D eigenvalue weighted by atomic mass is 32.1. The van der Waals surface area contributed by atoms with Gasteiger partial charge >= 0.3 is 0 Å². The van der Waals surface area contributed by atoms with Crippen molar-refractivity contribution in [3.05, 3.63) is 71.0 Å². The number of benzene rings is 1. The van der Waals surface area contributed by atoms with E-state index in [1.165, 1.54) is 22.5 Å². The number of anilines is 1. The second-order valence-corrected chi connectivity index (χ2v) is 7.12. The maximum absolute atomic E-state index is 12.3. The predicted octanol–water partition coefficient (Wildman–Crippen LogP) is 4.26. The van der Waals surface area contributed by atoms with Crippen molar-refractivity contribution >= 4 is 28.0 Å². The van der Waals surface area contributed by atoms with Gasteiger partial charge in [-0.25, -0.2) is 9.97 Å². The zero-order chi connectivity index (χ0) is 18.1. The molecule has 4 rings (SSSR count). The van der Waals surface area contributed by atoms with Crippen molar-refractivity contribution < 1.29 is 4.79 Å². The van der Waals surface area contributed by atoms with E-state index in [0.29, 0.717) is 5.13 Å². The molecule has 0 fully saturated rings. The van der Waals surface area contributed by atoms with Crippen LogP contribution in [-0.2, 0) is 11.2 Å². The van der Waals surface area contributed by atoms with E-state index in [9.17, 15) is 4.79 Å². The topological polar surface area (TPSA) is 59.3 Å². The van der Waals surface area contributed by atoms with Crippen molar-refractivity contribution in [1.82, 2.24) is 14.4 Å². The van der Waals surface area contributed by atoms with Crippen LogP contribution >= 0.6 is 11.3 Å². The number of carbonyl (C=O) groups excluding carboxylic acids is 1. The summed E-state index contributed by atoms with van der Waals surface area (Å²) in [5.41, 5.74) is 5.99. The number of imidazole rings is 1. The summed E-state index contributed by atoms with van der Waals surface area (Å²) >= 11 is 1.43. The lowest BCUT2D eigenvalue weighted by Gasteiger charge is -2.02. The lowest BCUT2D eigenvalue weighted by Crippen LogP contribution is -2.14. The van der Waals surface area contributed by atoms with E-state index in [4.69, 9.17) is 0 Å². The molecule has 3 aromatic heterocycles. The van der Waals surface area contributed by atoms with Crippen molar-refractivity contribution in [1.29, 1.82) is 0 Å². The van der Waals surface area contributed by atoms with Crippen molar-refractivity contribution in [2.45, 2.75) is 20.3 Å². The van der Waals surface area contributed by atoms with Gasteiger partial charge in [-0.05, 0) is 43.2 Å². The summed E-state index contributed by atoms with van der Waals surface area (Å²) < 4.78 is 1.91. The largest absolute Gasteiger partial charge is 0.307 e. The monoisotopic (exact) mass is 362 g/mol. The highest BCUT2D eigenvalue weighted by Crippen LogP contribution is 2.26. The molecule has 0 unspecified atom stereocenters. The van der Waals surface area contributed by atoms with Gasteiger partial charge in [-0.1, -0.05) is 18.2 Å². The number of hydrogen-bond acceptors (Lipinski definition) is 4. The SMILES string of the molecule is Cc1ccc(-c2csc(NC(=O)Cc3cn4ccccc4n3)n2)cc1C. The molecule has 0 saturated heterocycles. The Labute approximate surface area is 155 Å². The Morgan fingerprint density at radius 2 is 2.04 bits per heavy atom. The summed E-state index contributed by atoms with van der Waals surface area (Å²) in [6, 6.07) is 12.0. The van der Waals surface area contributed by atoms with Crippen LogP contribution in [0.3, 0.4) is 0 Å². The van der Waals surface area contributed by atoms with E-state index >= 15 is 0 Å². The molecular weight excluding hydrogens is 344 g/mol. The lowest BCUT2D eigenvalue weighted by atomic mass is 10.1. The minimum Gasteiger partial charge on any atom is -0.307 e. The van der Waals surface area contributed by atoms with E-state index in [2.05, 4.69) is 47.3 Å². The number of pyridine rings is 1. The number of amides is 1. The quantitative estimate of drug-likeness (QED) is 0.590. The van der Waals surface area contributed by atoms with Crippen LogP contribution in [0.4, 0.5) is 5.13 Å². The second kappa shape index (κ2) is 6.72. The molecule has 4 aromatic rings. The third-order valence-electron chi connectivity index (χ3n) is 4.31. The van der Waals surface area contributed by atoms with Crippen LogP contribution < -0.4 is 5.32 Å². The van der Waals surface area contributed by atoms with E-state index in [0.717, 1.165) is 22.6 Å².